The fraction of sp³-hybridized carbons (Fsp3) is 0.786. The maximum absolute atomic E-state index is 12.2. The Hall–Kier alpha value is -1.59. The first-order valence-corrected chi connectivity index (χ1v) is 7.39. The number of rotatable bonds is 3. The highest BCUT2D eigenvalue weighted by molar-refractivity contribution is 5.88. The van der Waals surface area contributed by atoms with Gasteiger partial charge in [0.15, 0.2) is 0 Å². The number of nitrogens with zero attached hydrogens (tertiary/aromatic N) is 2. The molecule has 6 heteroatoms. The van der Waals surface area contributed by atoms with E-state index in [1.807, 2.05) is 0 Å². The maximum Gasteiger partial charge on any atom is 0.326 e. The van der Waals surface area contributed by atoms with Crippen LogP contribution in [-0.4, -0.2) is 58.4 Å². The molecular formula is C14H22N2O4. The quantitative estimate of drug-likeness (QED) is 0.832. The molecule has 2 fully saturated rings. The van der Waals surface area contributed by atoms with Gasteiger partial charge in [-0.3, -0.25) is 9.59 Å². The Morgan fingerprint density at radius 3 is 2.60 bits per heavy atom. The van der Waals surface area contributed by atoms with E-state index in [9.17, 15) is 14.4 Å². The molecule has 2 aliphatic heterocycles. The molecule has 0 aromatic rings. The third-order valence-corrected chi connectivity index (χ3v) is 4.11. The smallest absolute Gasteiger partial charge is 0.326 e. The van der Waals surface area contributed by atoms with Gasteiger partial charge in [-0.15, -0.1) is 0 Å². The SMILES string of the molecule is O=C(O)C1CCCN1C(=O)CN1CCCCCCC1=O. The Morgan fingerprint density at radius 1 is 1.10 bits per heavy atom. The van der Waals surface area contributed by atoms with E-state index in [0.717, 1.165) is 32.1 Å². The van der Waals surface area contributed by atoms with Gasteiger partial charge >= 0.3 is 5.97 Å². The molecule has 0 aliphatic carbocycles. The molecule has 112 valence electrons. The minimum Gasteiger partial charge on any atom is -0.480 e. The molecule has 1 unspecified atom stereocenters. The summed E-state index contributed by atoms with van der Waals surface area (Å²) in [5.41, 5.74) is 0. The number of aliphatic carboxylic acids is 1. The molecule has 6 nitrogen and oxygen atoms in total. The Labute approximate surface area is 118 Å². The lowest BCUT2D eigenvalue weighted by Gasteiger charge is -2.28. The molecule has 0 saturated carbocycles. The fourth-order valence-corrected chi connectivity index (χ4v) is 2.96. The minimum atomic E-state index is -0.949. The van der Waals surface area contributed by atoms with Crippen LogP contribution in [0.2, 0.25) is 0 Å². The van der Waals surface area contributed by atoms with Crippen molar-refractivity contribution >= 4 is 17.8 Å². The van der Waals surface area contributed by atoms with E-state index in [1.54, 1.807) is 4.90 Å². The Kier molecular flexibility index (Phi) is 4.98. The largest absolute Gasteiger partial charge is 0.480 e. The van der Waals surface area contributed by atoms with Crippen molar-refractivity contribution in [2.45, 2.75) is 51.0 Å². The van der Waals surface area contributed by atoms with Gasteiger partial charge in [0.25, 0.3) is 0 Å². The van der Waals surface area contributed by atoms with Gasteiger partial charge in [0.2, 0.25) is 11.8 Å². The van der Waals surface area contributed by atoms with E-state index >= 15 is 0 Å². The van der Waals surface area contributed by atoms with Crippen molar-refractivity contribution in [1.29, 1.82) is 0 Å². The summed E-state index contributed by atoms with van der Waals surface area (Å²) in [6.07, 6.45) is 5.67. The fourth-order valence-electron chi connectivity index (χ4n) is 2.96. The monoisotopic (exact) mass is 282 g/mol. The molecule has 2 heterocycles. The van der Waals surface area contributed by atoms with Gasteiger partial charge in [-0.05, 0) is 25.7 Å². The standard InChI is InChI=1S/C14H22N2O4/c17-12-7-3-1-2-4-8-15(12)10-13(18)16-9-5-6-11(16)14(19)20/h11H,1-10H2,(H,19,20). The second kappa shape index (κ2) is 6.72. The normalized spacial score (nSPS) is 24.4. The minimum absolute atomic E-state index is 0.0177. The number of carboxylic acids is 1. The Morgan fingerprint density at radius 2 is 1.85 bits per heavy atom. The third kappa shape index (κ3) is 3.49. The van der Waals surface area contributed by atoms with E-state index < -0.39 is 12.0 Å². The van der Waals surface area contributed by atoms with Gasteiger partial charge < -0.3 is 14.9 Å². The summed E-state index contributed by atoms with van der Waals surface area (Å²) < 4.78 is 0. The summed E-state index contributed by atoms with van der Waals surface area (Å²) >= 11 is 0. The van der Waals surface area contributed by atoms with Gasteiger partial charge in [-0.1, -0.05) is 12.8 Å². The molecule has 2 saturated heterocycles. The van der Waals surface area contributed by atoms with Gasteiger partial charge in [-0.2, -0.15) is 0 Å². The average molecular weight is 282 g/mol. The Balaban J connectivity index is 1.95. The zero-order valence-corrected chi connectivity index (χ0v) is 11.7. The number of carbonyl (C=O) groups excluding carboxylic acids is 2. The lowest BCUT2D eigenvalue weighted by atomic mass is 10.1. The van der Waals surface area contributed by atoms with Crippen molar-refractivity contribution in [3.63, 3.8) is 0 Å². The van der Waals surface area contributed by atoms with Crippen LogP contribution >= 0.6 is 0 Å². The predicted octanol–water partition coefficient (Wildman–Crippen LogP) is 0.855. The second-order valence-corrected chi connectivity index (χ2v) is 5.56. The van der Waals surface area contributed by atoms with Crippen LogP contribution in [0.3, 0.4) is 0 Å². The molecule has 20 heavy (non-hydrogen) atoms. The van der Waals surface area contributed by atoms with E-state index in [2.05, 4.69) is 0 Å². The topological polar surface area (TPSA) is 77.9 Å². The zero-order valence-electron chi connectivity index (χ0n) is 11.7. The molecule has 1 atom stereocenters. The number of carbonyl (C=O) groups is 3. The van der Waals surface area contributed by atoms with Crippen molar-refractivity contribution < 1.29 is 19.5 Å². The lowest BCUT2D eigenvalue weighted by Crippen LogP contribution is -2.47. The number of likely N-dealkylation sites (tertiary alicyclic amines) is 2. The van der Waals surface area contributed by atoms with Crippen molar-refractivity contribution in [3.8, 4) is 0 Å². The number of amides is 2. The van der Waals surface area contributed by atoms with Crippen LogP contribution < -0.4 is 0 Å². The van der Waals surface area contributed by atoms with Crippen LogP contribution in [0, 0.1) is 0 Å². The van der Waals surface area contributed by atoms with Gasteiger partial charge in [0.05, 0.1) is 6.54 Å². The van der Waals surface area contributed by atoms with Crippen LogP contribution in [0.4, 0.5) is 0 Å². The van der Waals surface area contributed by atoms with Crippen LogP contribution in [0.1, 0.15) is 44.9 Å². The lowest BCUT2D eigenvalue weighted by molar-refractivity contribution is -0.149. The molecule has 0 bridgehead atoms. The molecule has 2 rings (SSSR count). The summed E-state index contributed by atoms with van der Waals surface area (Å²) in [4.78, 5) is 38.3. The Bertz CT molecular complexity index is 397. The van der Waals surface area contributed by atoms with Gasteiger partial charge in [0.1, 0.15) is 6.04 Å². The predicted molar refractivity (Wildman–Crippen MR) is 72.0 cm³/mol. The van der Waals surface area contributed by atoms with Gasteiger partial charge in [0, 0.05) is 19.5 Å². The average Bonchev–Trinajstić information content (AvgIpc) is 2.88. The first-order chi connectivity index (χ1) is 9.59. The molecule has 0 radical (unpaired) electrons. The second-order valence-electron chi connectivity index (χ2n) is 5.56. The van der Waals surface area contributed by atoms with Crippen molar-refractivity contribution in [2.24, 2.45) is 0 Å². The molecule has 2 amide bonds. The van der Waals surface area contributed by atoms with Crippen LogP contribution in [0.5, 0.6) is 0 Å². The van der Waals surface area contributed by atoms with Crippen molar-refractivity contribution in [3.05, 3.63) is 0 Å². The zero-order chi connectivity index (χ0) is 14.5. The molecule has 0 aromatic heterocycles. The van der Waals surface area contributed by atoms with E-state index in [4.69, 9.17) is 5.11 Å². The van der Waals surface area contributed by atoms with Crippen LogP contribution in [0.15, 0.2) is 0 Å². The number of hydrogen-bond donors (Lipinski definition) is 1. The van der Waals surface area contributed by atoms with E-state index in [0.29, 0.717) is 25.9 Å². The molecule has 2 aliphatic rings. The van der Waals surface area contributed by atoms with E-state index in [1.165, 1.54) is 4.90 Å². The summed E-state index contributed by atoms with van der Waals surface area (Å²) in [6.45, 7) is 1.12. The molecule has 0 spiro atoms. The van der Waals surface area contributed by atoms with Crippen molar-refractivity contribution in [1.82, 2.24) is 9.80 Å². The molecule has 0 aromatic carbocycles. The van der Waals surface area contributed by atoms with Gasteiger partial charge in [-0.25, -0.2) is 4.79 Å². The number of carboxylic acid groups (broad SMARTS) is 1. The highest BCUT2D eigenvalue weighted by atomic mass is 16.4. The number of hydrogen-bond acceptors (Lipinski definition) is 3. The molecule has 1 N–H and O–H groups in total. The third-order valence-electron chi connectivity index (χ3n) is 4.11. The first kappa shape index (κ1) is 14.8. The first-order valence-electron chi connectivity index (χ1n) is 7.39. The van der Waals surface area contributed by atoms with Crippen LogP contribution in [-0.2, 0) is 14.4 Å². The highest BCUT2D eigenvalue weighted by Crippen LogP contribution is 2.18. The maximum atomic E-state index is 12.2. The van der Waals surface area contributed by atoms with E-state index in [-0.39, 0.29) is 18.4 Å². The molecular weight excluding hydrogens is 260 g/mol. The summed E-state index contributed by atoms with van der Waals surface area (Å²) in [7, 11) is 0. The summed E-state index contributed by atoms with van der Waals surface area (Å²) in [5.74, 6) is -1.16. The van der Waals surface area contributed by atoms with Crippen LogP contribution in [0.25, 0.3) is 0 Å². The summed E-state index contributed by atoms with van der Waals surface area (Å²) in [6, 6.07) is -0.715. The van der Waals surface area contributed by atoms with Crippen molar-refractivity contribution in [2.75, 3.05) is 19.6 Å². The highest BCUT2D eigenvalue weighted by Gasteiger charge is 2.34. The summed E-state index contributed by atoms with van der Waals surface area (Å²) in [5, 5.41) is 9.10.